The number of sulfonamides is 1. The van der Waals surface area contributed by atoms with Crippen molar-refractivity contribution in [2.75, 3.05) is 12.8 Å². The zero-order valence-corrected chi connectivity index (χ0v) is 12.9. The summed E-state index contributed by atoms with van der Waals surface area (Å²) in [5.74, 6) is -0.597. The zero-order chi connectivity index (χ0) is 15.0. The average Bonchev–Trinajstić information content (AvgIpc) is 2.31. The molecule has 0 aliphatic carbocycles. The molecule has 0 aromatic heterocycles. The highest BCUT2D eigenvalue weighted by Crippen LogP contribution is 2.29. The third-order valence-corrected chi connectivity index (χ3v) is 5.66. The first-order valence-corrected chi connectivity index (χ1v) is 7.63. The van der Waals surface area contributed by atoms with Gasteiger partial charge in [-0.1, -0.05) is 25.4 Å². The van der Waals surface area contributed by atoms with Gasteiger partial charge in [0.15, 0.2) is 0 Å². The maximum atomic E-state index is 13.2. The number of halogens is 2. The van der Waals surface area contributed by atoms with Gasteiger partial charge in [-0.15, -0.1) is 0 Å². The Morgan fingerprint density at radius 2 is 1.84 bits per heavy atom. The Balaban J connectivity index is 3.32. The van der Waals surface area contributed by atoms with Gasteiger partial charge in [0.2, 0.25) is 10.0 Å². The molecule has 108 valence electrons. The van der Waals surface area contributed by atoms with E-state index >= 15 is 0 Å². The highest BCUT2D eigenvalue weighted by molar-refractivity contribution is 7.89. The number of rotatable bonds is 4. The van der Waals surface area contributed by atoms with Crippen LogP contribution in [0.4, 0.5) is 10.1 Å². The standard InChI is InChI=1S/C12H18ClFN2O2S/c1-7(2)8(3)16(4)19(17,18)12-6-11(15)10(14)5-9(12)13/h5-8H,15H2,1-4H3. The summed E-state index contributed by atoms with van der Waals surface area (Å²) in [6.45, 7) is 5.62. The van der Waals surface area contributed by atoms with Crippen LogP contribution in [-0.4, -0.2) is 25.8 Å². The van der Waals surface area contributed by atoms with Crippen molar-refractivity contribution < 1.29 is 12.8 Å². The summed E-state index contributed by atoms with van der Waals surface area (Å²) in [6.07, 6.45) is 0. The fourth-order valence-corrected chi connectivity index (χ4v) is 3.55. The Bertz CT molecular complexity index is 575. The van der Waals surface area contributed by atoms with Crippen molar-refractivity contribution in [2.24, 2.45) is 5.92 Å². The molecule has 1 aromatic rings. The van der Waals surface area contributed by atoms with Crippen LogP contribution in [0.2, 0.25) is 5.02 Å². The first kappa shape index (κ1) is 16.2. The van der Waals surface area contributed by atoms with Crippen LogP contribution in [0.3, 0.4) is 0 Å². The molecule has 0 fully saturated rings. The molecule has 1 aromatic carbocycles. The van der Waals surface area contributed by atoms with E-state index in [9.17, 15) is 12.8 Å². The van der Waals surface area contributed by atoms with Gasteiger partial charge in [0.05, 0.1) is 10.7 Å². The summed E-state index contributed by atoms with van der Waals surface area (Å²) in [5.41, 5.74) is 5.16. The lowest BCUT2D eigenvalue weighted by Crippen LogP contribution is -2.38. The summed E-state index contributed by atoms with van der Waals surface area (Å²) in [7, 11) is -2.33. The van der Waals surface area contributed by atoms with Crippen LogP contribution in [0, 0.1) is 11.7 Å². The minimum absolute atomic E-state index is 0.136. The molecule has 0 spiro atoms. The molecule has 19 heavy (non-hydrogen) atoms. The van der Waals surface area contributed by atoms with E-state index < -0.39 is 15.8 Å². The SMILES string of the molecule is CC(C)C(C)N(C)S(=O)(=O)c1cc(N)c(F)cc1Cl. The molecule has 0 aliphatic rings. The summed E-state index contributed by atoms with van der Waals surface area (Å²) in [6, 6.07) is 1.75. The van der Waals surface area contributed by atoms with E-state index in [0.29, 0.717) is 0 Å². The topological polar surface area (TPSA) is 63.4 Å². The molecule has 1 rings (SSSR count). The van der Waals surface area contributed by atoms with Crippen molar-refractivity contribution in [1.82, 2.24) is 4.31 Å². The summed E-state index contributed by atoms with van der Waals surface area (Å²) >= 11 is 5.81. The molecule has 7 heteroatoms. The van der Waals surface area contributed by atoms with Crippen molar-refractivity contribution >= 4 is 27.3 Å². The van der Waals surface area contributed by atoms with Crippen LogP contribution in [-0.2, 0) is 10.0 Å². The van der Waals surface area contributed by atoms with E-state index in [4.69, 9.17) is 17.3 Å². The molecule has 0 saturated heterocycles. The van der Waals surface area contributed by atoms with Gasteiger partial charge in [-0.2, -0.15) is 4.31 Å². The molecule has 0 bridgehead atoms. The second-order valence-corrected chi connectivity index (χ2v) is 7.18. The Kier molecular flexibility index (Phi) is 4.81. The zero-order valence-electron chi connectivity index (χ0n) is 11.3. The molecule has 2 N–H and O–H groups in total. The van der Waals surface area contributed by atoms with Crippen molar-refractivity contribution in [1.29, 1.82) is 0 Å². The molecule has 1 unspecified atom stereocenters. The quantitative estimate of drug-likeness (QED) is 0.870. The highest BCUT2D eigenvalue weighted by Gasteiger charge is 2.29. The number of nitrogens with two attached hydrogens (primary N) is 1. The highest BCUT2D eigenvalue weighted by atomic mass is 35.5. The minimum Gasteiger partial charge on any atom is -0.396 e. The van der Waals surface area contributed by atoms with Crippen LogP contribution in [0.15, 0.2) is 17.0 Å². The van der Waals surface area contributed by atoms with E-state index in [1.807, 2.05) is 13.8 Å². The minimum atomic E-state index is -3.80. The largest absolute Gasteiger partial charge is 0.396 e. The van der Waals surface area contributed by atoms with E-state index in [1.165, 1.54) is 11.4 Å². The number of benzene rings is 1. The summed E-state index contributed by atoms with van der Waals surface area (Å²) < 4.78 is 39.3. The van der Waals surface area contributed by atoms with Gasteiger partial charge in [0, 0.05) is 13.1 Å². The molecule has 0 radical (unpaired) electrons. The molecule has 0 heterocycles. The average molecular weight is 309 g/mol. The maximum absolute atomic E-state index is 13.2. The second-order valence-electron chi connectivity index (χ2n) is 4.81. The third-order valence-electron chi connectivity index (χ3n) is 3.25. The lowest BCUT2D eigenvalue weighted by atomic mass is 10.1. The van der Waals surface area contributed by atoms with Crippen LogP contribution in [0.1, 0.15) is 20.8 Å². The monoisotopic (exact) mass is 308 g/mol. The second kappa shape index (κ2) is 5.64. The third kappa shape index (κ3) is 3.19. The van der Waals surface area contributed by atoms with Crippen molar-refractivity contribution in [2.45, 2.75) is 31.7 Å². The van der Waals surface area contributed by atoms with Crippen LogP contribution >= 0.6 is 11.6 Å². The van der Waals surface area contributed by atoms with Gasteiger partial charge in [-0.25, -0.2) is 12.8 Å². The smallest absolute Gasteiger partial charge is 0.244 e. The first-order valence-electron chi connectivity index (χ1n) is 5.81. The van der Waals surface area contributed by atoms with Crippen molar-refractivity contribution in [3.05, 3.63) is 23.0 Å². The van der Waals surface area contributed by atoms with E-state index in [-0.39, 0.29) is 27.6 Å². The number of nitrogen functional groups attached to an aromatic ring is 1. The van der Waals surface area contributed by atoms with Crippen LogP contribution < -0.4 is 5.73 Å². The molecule has 0 saturated carbocycles. The summed E-state index contributed by atoms with van der Waals surface area (Å²) in [5, 5.41) is -0.172. The molecule has 0 aliphatic heterocycles. The lowest BCUT2D eigenvalue weighted by molar-refractivity contribution is 0.316. The Morgan fingerprint density at radius 3 is 2.32 bits per heavy atom. The fraction of sp³-hybridized carbons (Fsp3) is 0.500. The van der Waals surface area contributed by atoms with Crippen molar-refractivity contribution in [3.8, 4) is 0 Å². The van der Waals surface area contributed by atoms with E-state index in [2.05, 4.69) is 0 Å². The normalized spacial score (nSPS) is 14.1. The van der Waals surface area contributed by atoms with Gasteiger partial charge < -0.3 is 5.73 Å². The molecular formula is C12H18ClFN2O2S. The Labute approximate surface area is 118 Å². The van der Waals surface area contributed by atoms with Crippen molar-refractivity contribution in [3.63, 3.8) is 0 Å². The Hall–Kier alpha value is -0.850. The summed E-state index contributed by atoms with van der Waals surface area (Å²) in [4.78, 5) is -0.178. The molecule has 0 amide bonds. The number of hydrogen-bond acceptors (Lipinski definition) is 3. The molecule has 1 atom stereocenters. The van der Waals surface area contributed by atoms with Gasteiger partial charge in [-0.05, 0) is 25.0 Å². The lowest BCUT2D eigenvalue weighted by Gasteiger charge is -2.27. The maximum Gasteiger partial charge on any atom is 0.244 e. The number of nitrogens with zero attached hydrogens (tertiary/aromatic N) is 1. The van der Waals surface area contributed by atoms with Gasteiger partial charge in [0.25, 0.3) is 0 Å². The molecular weight excluding hydrogens is 291 g/mol. The van der Waals surface area contributed by atoms with Crippen LogP contribution in [0.5, 0.6) is 0 Å². The Morgan fingerprint density at radius 1 is 1.32 bits per heavy atom. The van der Waals surface area contributed by atoms with Gasteiger partial charge in [-0.3, -0.25) is 0 Å². The first-order chi connectivity index (χ1) is 8.59. The van der Waals surface area contributed by atoms with Gasteiger partial charge >= 0.3 is 0 Å². The van der Waals surface area contributed by atoms with Crippen LogP contribution in [0.25, 0.3) is 0 Å². The fourth-order valence-electron chi connectivity index (χ4n) is 1.54. The van der Waals surface area contributed by atoms with Gasteiger partial charge in [0.1, 0.15) is 10.7 Å². The predicted octanol–water partition coefficient (Wildman–Crippen LogP) is 2.73. The molecule has 4 nitrogen and oxygen atoms in total. The van der Waals surface area contributed by atoms with E-state index in [1.54, 1.807) is 6.92 Å². The number of hydrogen-bond donors (Lipinski definition) is 1. The predicted molar refractivity (Wildman–Crippen MR) is 75.1 cm³/mol. The van der Waals surface area contributed by atoms with E-state index in [0.717, 1.165) is 12.1 Å². The number of anilines is 1.